The van der Waals surface area contributed by atoms with Gasteiger partial charge in [0.2, 0.25) is 0 Å². The molecule has 0 unspecified atom stereocenters. The molecular weight excluding hydrogens is 429 g/mol. The summed E-state index contributed by atoms with van der Waals surface area (Å²) in [5, 5.41) is 0.782. The van der Waals surface area contributed by atoms with Crippen LogP contribution in [-0.2, 0) is 6.18 Å². The molecule has 2 heterocycles. The summed E-state index contributed by atoms with van der Waals surface area (Å²) in [4.78, 5) is 23.4. The van der Waals surface area contributed by atoms with E-state index in [0.29, 0.717) is 49.8 Å². The van der Waals surface area contributed by atoms with E-state index in [2.05, 4.69) is 11.5 Å². The Morgan fingerprint density at radius 3 is 2.45 bits per heavy atom. The number of pyridine rings is 1. The third-order valence-corrected chi connectivity index (χ3v) is 5.83. The van der Waals surface area contributed by atoms with Crippen LogP contribution in [0.4, 0.5) is 24.7 Å². The zero-order valence-electron chi connectivity index (χ0n) is 18.3. The highest BCUT2D eigenvalue weighted by Crippen LogP contribution is 2.32. The number of halogens is 3. The molecule has 172 valence electrons. The number of benzene rings is 2. The number of piperazine rings is 1. The molecule has 0 atom stereocenters. The molecule has 0 bridgehead atoms. The highest BCUT2D eigenvalue weighted by atomic mass is 19.4. The van der Waals surface area contributed by atoms with E-state index >= 15 is 0 Å². The summed E-state index contributed by atoms with van der Waals surface area (Å²) >= 11 is 0. The second-order valence-electron chi connectivity index (χ2n) is 8.04. The molecule has 1 fully saturated rings. The van der Waals surface area contributed by atoms with Gasteiger partial charge < -0.3 is 14.7 Å². The van der Waals surface area contributed by atoms with E-state index in [1.807, 2.05) is 35.2 Å². The van der Waals surface area contributed by atoms with Gasteiger partial charge in [0.1, 0.15) is 5.82 Å². The molecule has 0 saturated carbocycles. The molecule has 0 N–H and O–H groups in total. The first-order chi connectivity index (χ1) is 15.8. The fourth-order valence-electron chi connectivity index (χ4n) is 4.06. The predicted molar refractivity (Wildman–Crippen MR) is 125 cm³/mol. The smallest absolute Gasteiger partial charge is 0.368 e. The lowest BCUT2D eigenvalue weighted by atomic mass is 10.1. The normalized spacial score (nSPS) is 14.4. The summed E-state index contributed by atoms with van der Waals surface area (Å²) in [6.07, 6.45) is -2.69. The molecule has 3 aromatic rings. The minimum atomic E-state index is -4.37. The molecular formula is C25H25F3N4O. The zero-order valence-corrected chi connectivity index (χ0v) is 18.3. The number of hydrogen-bond acceptors (Lipinski definition) is 4. The number of amides is 1. The van der Waals surface area contributed by atoms with Crippen molar-refractivity contribution in [3.63, 3.8) is 0 Å². The van der Waals surface area contributed by atoms with Crippen LogP contribution in [0.3, 0.4) is 0 Å². The molecule has 8 heteroatoms. The summed E-state index contributed by atoms with van der Waals surface area (Å²) in [7, 11) is 1.73. The van der Waals surface area contributed by atoms with Crippen molar-refractivity contribution >= 4 is 28.3 Å². The minimum absolute atomic E-state index is 0.114. The van der Waals surface area contributed by atoms with Crippen LogP contribution in [0.15, 0.2) is 67.3 Å². The first-order valence-corrected chi connectivity index (χ1v) is 10.7. The Morgan fingerprint density at radius 2 is 1.76 bits per heavy atom. The summed E-state index contributed by atoms with van der Waals surface area (Å²) in [6.45, 7) is 6.39. The van der Waals surface area contributed by atoms with E-state index in [4.69, 9.17) is 4.98 Å². The number of carbonyl (C=O) groups excluding carboxylic acids is 1. The molecule has 1 aromatic heterocycles. The van der Waals surface area contributed by atoms with Crippen molar-refractivity contribution in [2.45, 2.75) is 6.18 Å². The Hall–Kier alpha value is -3.55. The Balaban J connectivity index is 1.57. The molecule has 5 nitrogen and oxygen atoms in total. The van der Waals surface area contributed by atoms with Crippen LogP contribution in [0, 0.1) is 0 Å². The molecule has 0 spiro atoms. The average Bonchev–Trinajstić information content (AvgIpc) is 2.82. The predicted octanol–water partition coefficient (Wildman–Crippen LogP) is 4.84. The number of hydrogen-bond donors (Lipinski definition) is 0. The fraction of sp³-hybridized carbons (Fsp3) is 0.280. The summed E-state index contributed by atoms with van der Waals surface area (Å²) in [5.74, 6) is 0.574. The Bertz CT molecular complexity index is 1170. The topological polar surface area (TPSA) is 39.7 Å². The largest absolute Gasteiger partial charge is 0.416 e. The van der Waals surface area contributed by atoms with Gasteiger partial charge in [-0.25, -0.2) is 4.98 Å². The van der Waals surface area contributed by atoms with Crippen molar-refractivity contribution in [1.82, 2.24) is 9.88 Å². The number of aromatic nitrogens is 1. The Morgan fingerprint density at radius 1 is 1.06 bits per heavy atom. The van der Waals surface area contributed by atoms with Crippen molar-refractivity contribution in [2.24, 2.45) is 0 Å². The van der Waals surface area contributed by atoms with Gasteiger partial charge in [0.15, 0.2) is 0 Å². The number of likely N-dealkylation sites (N-methyl/N-ethyl adjacent to an activating group) is 1. The first-order valence-electron chi connectivity index (χ1n) is 10.7. The molecule has 33 heavy (non-hydrogen) atoms. The average molecular weight is 454 g/mol. The van der Waals surface area contributed by atoms with E-state index in [-0.39, 0.29) is 5.91 Å². The van der Waals surface area contributed by atoms with Gasteiger partial charge in [0.05, 0.1) is 16.6 Å². The highest BCUT2D eigenvalue weighted by Gasteiger charge is 2.31. The lowest BCUT2D eigenvalue weighted by Gasteiger charge is -2.37. The molecule has 1 saturated heterocycles. The number of rotatable bonds is 5. The monoisotopic (exact) mass is 454 g/mol. The molecule has 1 aliphatic heterocycles. The first kappa shape index (κ1) is 22.6. The van der Waals surface area contributed by atoms with Gasteiger partial charge in [-0.05, 0) is 30.3 Å². The standard InChI is InChI=1S/C25H25F3N4O/c1-3-11-30(2)24(33)21-17-23(29-22-10-5-4-9-20(21)22)32-14-12-31(13-15-32)19-8-6-7-18(16-19)25(26,27)28/h3-10,16-17H,1,11-15H2,2H3. The minimum Gasteiger partial charge on any atom is -0.368 e. The van der Waals surface area contributed by atoms with E-state index in [1.54, 1.807) is 24.1 Å². The highest BCUT2D eigenvalue weighted by molar-refractivity contribution is 6.07. The van der Waals surface area contributed by atoms with Crippen LogP contribution in [0.25, 0.3) is 10.9 Å². The quantitative estimate of drug-likeness (QED) is 0.518. The molecule has 1 aliphatic rings. The fourth-order valence-corrected chi connectivity index (χ4v) is 4.06. The third kappa shape index (κ3) is 4.79. The number of alkyl halides is 3. The van der Waals surface area contributed by atoms with E-state index < -0.39 is 11.7 Å². The van der Waals surface area contributed by atoms with Crippen LogP contribution < -0.4 is 9.80 Å². The number of anilines is 2. The number of nitrogens with zero attached hydrogens (tertiary/aromatic N) is 4. The molecule has 1 amide bonds. The van der Waals surface area contributed by atoms with Crippen LogP contribution in [0.5, 0.6) is 0 Å². The second-order valence-corrected chi connectivity index (χ2v) is 8.04. The van der Waals surface area contributed by atoms with E-state index in [9.17, 15) is 18.0 Å². The van der Waals surface area contributed by atoms with Crippen LogP contribution in [-0.4, -0.2) is 55.6 Å². The SMILES string of the molecule is C=CCN(C)C(=O)c1cc(N2CCN(c3cccc(C(F)(F)F)c3)CC2)nc2ccccc12. The second kappa shape index (κ2) is 9.13. The van der Waals surface area contributed by atoms with Crippen molar-refractivity contribution in [3.8, 4) is 0 Å². The van der Waals surface area contributed by atoms with Crippen molar-refractivity contribution in [1.29, 1.82) is 0 Å². The van der Waals surface area contributed by atoms with Gasteiger partial charge in [-0.3, -0.25) is 4.79 Å². The third-order valence-electron chi connectivity index (χ3n) is 5.83. The van der Waals surface area contributed by atoms with Crippen LogP contribution in [0.2, 0.25) is 0 Å². The maximum absolute atomic E-state index is 13.1. The molecule has 4 rings (SSSR count). The lowest BCUT2D eigenvalue weighted by Crippen LogP contribution is -2.47. The van der Waals surface area contributed by atoms with Gasteiger partial charge in [0, 0.05) is 50.8 Å². The van der Waals surface area contributed by atoms with Gasteiger partial charge in [-0.2, -0.15) is 13.2 Å². The summed E-state index contributed by atoms with van der Waals surface area (Å²) in [6, 6.07) is 14.7. The van der Waals surface area contributed by atoms with Crippen molar-refractivity contribution in [2.75, 3.05) is 49.6 Å². The summed E-state index contributed by atoms with van der Waals surface area (Å²) in [5.41, 5.74) is 1.20. The van der Waals surface area contributed by atoms with E-state index in [0.717, 1.165) is 17.0 Å². The van der Waals surface area contributed by atoms with Gasteiger partial charge in [0.25, 0.3) is 5.91 Å². The number of para-hydroxylation sites is 1. The Labute approximate surface area is 190 Å². The lowest BCUT2D eigenvalue weighted by molar-refractivity contribution is -0.137. The summed E-state index contributed by atoms with van der Waals surface area (Å²) < 4.78 is 39.2. The number of fused-ring (bicyclic) bond motifs is 1. The maximum Gasteiger partial charge on any atom is 0.416 e. The van der Waals surface area contributed by atoms with Crippen LogP contribution >= 0.6 is 0 Å². The van der Waals surface area contributed by atoms with Gasteiger partial charge >= 0.3 is 6.18 Å². The molecule has 2 aromatic carbocycles. The van der Waals surface area contributed by atoms with Gasteiger partial charge in [-0.1, -0.05) is 30.3 Å². The van der Waals surface area contributed by atoms with Crippen molar-refractivity contribution < 1.29 is 18.0 Å². The van der Waals surface area contributed by atoms with Crippen LogP contribution in [0.1, 0.15) is 15.9 Å². The molecule has 0 radical (unpaired) electrons. The van der Waals surface area contributed by atoms with Gasteiger partial charge in [-0.15, -0.1) is 6.58 Å². The Kier molecular flexibility index (Phi) is 6.26. The molecule has 0 aliphatic carbocycles. The van der Waals surface area contributed by atoms with E-state index in [1.165, 1.54) is 12.1 Å². The maximum atomic E-state index is 13.1. The zero-order chi connectivity index (χ0) is 23.6. The number of carbonyl (C=O) groups is 1. The van der Waals surface area contributed by atoms with Crippen molar-refractivity contribution in [3.05, 3.63) is 78.4 Å².